The fourth-order valence-electron chi connectivity index (χ4n) is 4.46. The molecule has 0 aromatic heterocycles. The van der Waals surface area contributed by atoms with E-state index in [4.69, 9.17) is 0 Å². The van der Waals surface area contributed by atoms with Gasteiger partial charge in [-0.15, -0.1) is 0 Å². The third-order valence-corrected chi connectivity index (χ3v) is 6.63. The van der Waals surface area contributed by atoms with Crippen LogP contribution in [0.1, 0.15) is 99.3 Å². The van der Waals surface area contributed by atoms with Crippen molar-refractivity contribution >= 4 is 0 Å². The number of hydrogen-bond donors (Lipinski definition) is 0. The first kappa shape index (κ1) is 21.0. The van der Waals surface area contributed by atoms with Crippen molar-refractivity contribution in [3.8, 4) is 0 Å². The van der Waals surface area contributed by atoms with Crippen LogP contribution >= 0.6 is 0 Å². The summed E-state index contributed by atoms with van der Waals surface area (Å²) in [6.07, 6.45) is 10.3. The van der Waals surface area contributed by atoms with Gasteiger partial charge in [0.25, 0.3) is 0 Å². The van der Waals surface area contributed by atoms with Crippen LogP contribution in [-0.4, -0.2) is 6.17 Å². The second-order valence-electron chi connectivity index (χ2n) is 9.11. The molecule has 1 rings (SSSR count). The molecule has 6 atom stereocenters. The van der Waals surface area contributed by atoms with Crippen LogP contribution in [0.15, 0.2) is 0 Å². The molecule has 0 radical (unpaired) electrons. The molecule has 0 aromatic carbocycles. The van der Waals surface area contributed by atoms with Crippen molar-refractivity contribution in [2.45, 2.75) is 106 Å². The molecule has 138 valence electrons. The van der Waals surface area contributed by atoms with E-state index in [-0.39, 0.29) is 0 Å². The van der Waals surface area contributed by atoms with Crippen molar-refractivity contribution in [3.05, 3.63) is 0 Å². The molecule has 1 heteroatoms. The van der Waals surface area contributed by atoms with Crippen LogP contribution < -0.4 is 0 Å². The van der Waals surface area contributed by atoms with E-state index in [0.717, 1.165) is 42.9 Å². The van der Waals surface area contributed by atoms with Gasteiger partial charge in [-0.05, 0) is 61.2 Å². The molecule has 1 saturated carbocycles. The van der Waals surface area contributed by atoms with Crippen LogP contribution in [-0.2, 0) is 0 Å². The summed E-state index contributed by atoms with van der Waals surface area (Å²) in [4.78, 5) is 0. The topological polar surface area (TPSA) is 0 Å². The number of alkyl halides is 1. The van der Waals surface area contributed by atoms with Gasteiger partial charge in [0.05, 0.1) is 0 Å². The van der Waals surface area contributed by atoms with Gasteiger partial charge in [0, 0.05) is 0 Å². The van der Waals surface area contributed by atoms with Crippen LogP contribution in [0.3, 0.4) is 0 Å². The van der Waals surface area contributed by atoms with Gasteiger partial charge >= 0.3 is 0 Å². The third kappa shape index (κ3) is 7.57. The van der Waals surface area contributed by atoms with Crippen molar-refractivity contribution in [2.24, 2.45) is 35.5 Å². The summed E-state index contributed by atoms with van der Waals surface area (Å²) in [6.45, 7) is 14.2. The molecule has 0 spiro atoms. The Balaban J connectivity index is 2.47. The van der Waals surface area contributed by atoms with Crippen molar-refractivity contribution in [1.82, 2.24) is 0 Å². The normalized spacial score (nSPS) is 27.7. The van der Waals surface area contributed by atoms with E-state index in [1.807, 2.05) is 0 Å². The lowest BCUT2D eigenvalue weighted by Crippen LogP contribution is -2.29. The fourth-order valence-corrected chi connectivity index (χ4v) is 4.46. The molecule has 23 heavy (non-hydrogen) atoms. The van der Waals surface area contributed by atoms with Crippen LogP contribution in [0, 0.1) is 35.5 Å². The maximum absolute atomic E-state index is 14.3. The van der Waals surface area contributed by atoms with E-state index in [1.165, 1.54) is 38.5 Å². The predicted molar refractivity (Wildman–Crippen MR) is 101 cm³/mol. The highest BCUT2D eigenvalue weighted by Crippen LogP contribution is 2.38. The molecule has 0 amide bonds. The van der Waals surface area contributed by atoms with Crippen molar-refractivity contribution < 1.29 is 4.39 Å². The summed E-state index contributed by atoms with van der Waals surface area (Å²) in [5, 5.41) is 0. The zero-order valence-electron chi connectivity index (χ0n) is 16.8. The van der Waals surface area contributed by atoms with Gasteiger partial charge in [0.2, 0.25) is 0 Å². The number of rotatable bonds is 10. The van der Waals surface area contributed by atoms with E-state index in [1.54, 1.807) is 0 Å². The average molecular weight is 327 g/mol. The van der Waals surface area contributed by atoms with Crippen molar-refractivity contribution in [1.29, 1.82) is 0 Å². The number of hydrogen-bond acceptors (Lipinski definition) is 0. The molecule has 1 aliphatic carbocycles. The lowest BCUT2D eigenvalue weighted by molar-refractivity contribution is 0.0971. The second kappa shape index (κ2) is 10.7. The summed E-state index contributed by atoms with van der Waals surface area (Å²) >= 11 is 0. The van der Waals surface area contributed by atoms with Gasteiger partial charge < -0.3 is 0 Å². The highest BCUT2D eigenvalue weighted by atomic mass is 19.1. The van der Waals surface area contributed by atoms with Gasteiger partial charge in [-0.1, -0.05) is 73.6 Å². The lowest BCUT2D eigenvalue weighted by Gasteiger charge is -2.35. The van der Waals surface area contributed by atoms with Gasteiger partial charge in [-0.3, -0.25) is 0 Å². The van der Waals surface area contributed by atoms with Gasteiger partial charge in [0.1, 0.15) is 6.17 Å². The first-order chi connectivity index (χ1) is 10.8. The van der Waals surface area contributed by atoms with E-state index in [2.05, 4.69) is 41.5 Å². The Hall–Kier alpha value is -0.0700. The van der Waals surface area contributed by atoms with E-state index >= 15 is 0 Å². The summed E-state index contributed by atoms with van der Waals surface area (Å²) in [6, 6.07) is 0. The molecule has 0 nitrogen and oxygen atoms in total. The van der Waals surface area contributed by atoms with E-state index in [9.17, 15) is 4.39 Å². The summed E-state index contributed by atoms with van der Waals surface area (Å²) in [5.41, 5.74) is 0. The van der Waals surface area contributed by atoms with Crippen LogP contribution in [0.4, 0.5) is 4.39 Å². The largest absolute Gasteiger partial charge is 0.247 e. The van der Waals surface area contributed by atoms with Crippen LogP contribution in [0.2, 0.25) is 0 Å². The highest BCUT2D eigenvalue weighted by Gasteiger charge is 2.31. The van der Waals surface area contributed by atoms with Crippen LogP contribution in [0.5, 0.6) is 0 Å². The fraction of sp³-hybridized carbons (Fsp3) is 1.00. The lowest BCUT2D eigenvalue weighted by atomic mass is 9.72. The van der Waals surface area contributed by atoms with Gasteiger partial charge in [-0.25, -0.2) is 4.39 Å². The molecule has 0 heterocycles. The first-order valence-electron chi connectivity index (χ1n) is 10.5. The number of halogens is 1. The van der Waals surface area contributed by atoms with E-state index < -0.39 is 6.17 Å². The highest BCUT2D eigenvalue weighted by molar-refractivity contribution is 4.81. The molecule has 0 N–H and O–H groups in total. The summed E-state index contributed by atoms with van der Waals surface area (Å²) in [5.74, 6) is 4.07. The minimum atomic E-state index is -0.533. The maximum Gasteiger partial charge on any atom is 0.103 e. The zero-order chi connectivity index (χ0) is 17.4. The second-order valence-corrected chi connectivity index (χ2v) is 9.11. The molecule has 0 aliphatic heterocycles. The quantitative estimate of drug-likeness (QED) is 0.386. The Labute approximate surface area is 146 Å². The average Bonchev–Trinajstić information content (AvgIpc) is 2.52. The molecule has 0 saturated heterocycles. The Kier molecular flexibility index (Phi) is 9.78. The molecule has 6 unspecified atom stereocenters. The zero-order valence-corrected chi connectivity index (χ0v) is 16.8. The first-order valence-corrected chi connectivity index (χ1v) is 10.5. The summed E-state index contributed by atoms with van der Waals surface area (Å²) < 4.78 is 14.3. The molecular weight excluding hydrogens is 283 g/mol. The van der Waals surface area contributed by atoms with Gasteiger partial charge in [0.15, 0.2) is 0 Å². The Morgan fingerprint density at radius 1 is 0.870 bits per heavy atom. The van der Waals surface area contributed by atoms with Crippen molar-refractivity contribution in [2.75, 3.05) is 0 Å². The maximum atomic E-state index is 14.3. The van der Waals surface area contributed by atoms with E-state index in [0.29, 0.717) is 11.8 Å². The SMILES string of the molecule is CCC(C)CCC(C)CC(CC(C)C1CCCCC1F)C(C)C. The Bertz CT molecular complexity index is 298. The standard InChI is InChI=1S/C22H43F/c1-7-17(4)12-13-18(5)14-20(16(2)3)15-19(6)21-10-8-9-11-22(21)23/h16-22H,7-15H2,1-6H3. The summed E-state index contributed by atoms with van der Waals surface area (Å²) in [7, 11) is 0. The molecule has 0 aromatic rings. The van der Waals surface area contributed by atoms with Gasteiger partial charge in [-0.2, -0.15) is 0 Å². The monoisotopic (exact) mass is 326 g/mol. The molecule has 1 aliphatic rings. The molecule has 1 fully saturated rings. The van der Waals surface area contributed by atoms with Crippen LogP contribution in [0.25, 0.3) is 0 Å². The molecule has 0 bridgehead atoms. The molecular formula is C22H43F. The Morgan fingerprint density at radius 2 is 1.48 bits per heavy atom. The predicted octanol–water partition coefficient (Wildman–Crippen LogP) is 7.67. The Morgan fingerprint density at radius 3 is 2.04 bits per heavy atom. The van der Waals surface area contributed by atoms with Crippen molar-refractivity contribution in [3.63, 3.8) is 0 Å². The third-order valence-electron chi connectivity index (χ3n) is 6.63. The smallest absolute Gasteiger partial charge is 0.103 e. The minimum absolute atomic E-state index is 0.334. The minimum Gasteiger partial charge on any atom is -0.247 e.